The summed E-state index contributed by atoms with van der Waals surface area (Å²) < 4.78 is 29.5. The van der Waals surface area contributed by atoms with Gasteiger partial charge < -0.3 is 33.9 Å². The van der Waals surface area contributed by atoms with Gasteiger partial charge in [0, 0.05) is 37.5 Å². The number of carbonyl (C=O) groups excluding carboxylic acids is 4. The topological polar surface area (TPSA) is 158 Å². The summed E-state index contributed by atoms with van der Waals surface area (Å²) in [6, 6.07) is 0. The third kappa shape index (κ3) is 3.80. The van der Waals surface area contributed by atoms with Crippen LogP contribution in [0.5, 0.6) is 0 Å². The molecule has 3 unspecified atom stereocenters. The van der Waals surface area contributed by atoms with Crippen molar-refractivity contribution in [1.82, 2.24) is 0 Å². The van der Waals surface area contributed by atoms with Crippen molar-refractivity contribution in [2.45, 2.75) is 122 Å². The number of cyclic esters (lactones) is 1. The number of rotatable bonds is 4. The highest BCUT2D eigenvalue weighted by molar-refractivity contribution is 5.87. The Labute approximate surface area is 264 Å². The average Bonchev–Trinajstić information content (AvgIpc) is 3.75. The van der Waals surface area contributed by atoms with Crippen molar-refractivity contribution in [1.29, 1.82) is 0 Å². The van der Waals surface area contributed by atoms with Gasteiger partial charge in [-0.25, -0.2) is 4.79 Å². The lowest BCUT2D eigenvalue weighted by Gasteiger charge is -2.73. The van der Waals surface area contributed by atoms with Crippen LogP contribution in [0.15, 0.2) is 12.2 Å². The van der Waals surface area contributed by atoms with E-state index in [4.69, 9.17) is 23.7 Å². The number of epoxide rings is 1. The molecule has 4 aliphatic carbocycles. The third-order valence-corrected chi connectivity index (χ3v) is 13.9. The Morgan fingerprint density at radius 3 is 2.20 bits per heavy atom. The van der Waals surface area contributed by atoms with Crippen molar-refractivity contribution < 1.29 is 53.1 Å². The fourth-order valence-electron chi connectivity index (χ4n) is 12.0. The summed E-state index contributed by atoms with van der Waals surface area (Å²) in [6.07, 6.45) is -0.689. The molecule has 0 aromatic rings. The lowest BCUT2D eigenvalue weighted by Crippen LogP contribution is -2.82. The van der Waals surface area contributed by atoms with Gasteiger partial charge >= 0.3 is 23.9 Å². The van der Waals surface area contributed by atoms with E-state index >= 15 is 0 Å². The molecule has 13 atom stereocenters. The lowest BCUT2D eigenvalue weighted by molar-refractivity contribution is -0.338. The summed E-state index contributed by atoms with van der Waals surface area (Å²) in [5.41, 5.74) is -6.46. The van der Waals surface area contributed by atoms with E-state index in [-0.39, 0.29) is 37.3 Å². The van der Waals surface area contributed by atoms with Crippen LogP contribution >= 0.6 is 0 Å². The molecule has 2 heterocycles. The normalized spacial score (nSPS) is 50.5. The molecule has 6 aliphatic rings. The first kappa shape index (κ1) is 32.4. The van der Waals surface area contributed by atoms with Crippen molar-refractivity contribution in [2.75, 3.05) is 13.7 Å². The van der Waals surface area contributed by atoms with Gasteiger partial charge in [0.15, 0.2) is 6.10 Å². The van der Waals surface area contributed by atoms with E-state index in [1.54, 1.807) is 13.8 Å². The van der Waals surface area contributed by atoms with Gasteiger partial charge in [-0.2, -0.15) is 0 Å². The zero-order valence-corrected chi connectivity index (χ0v) is 27.5. The fourth-order valence-corrected chi connectivity index (χ4v) is 12.0. The van der Waals surface area contributed by atoms with Crippen molar-refractivity contribution >= 4 is 23.9 Å². The minimum absolute atomic E-state index is 0.102. The standard InChI is InChI=1S/C34H48O11/c1-17-15-33(40)23-11-13-29(5)21(12-14-32(18(2)35)16-42-24(38)10-9-22(29)32)30(23,6)26(43-19(3)36)27(44-20(4)37)31(33,7)34(25(17)45-34)28(39)41-8/h18,21-23,25-27,35,40H,1,9-16H2,2-8H3/t18?,21?,22-,23?,25+,26+,27-,29+,30+,31+,32-,33+,34-/m0/s1. The fraction of sp³-hybridized carbons (Fsp3) is 0.824. The highest BCUT2D eigenvalue weighted by Crippen LogP contribution is 2.78. The predicted molar refractivity (Wildman–Crippen MR) is 157 cm³/mol. The Kier molecular flexibility index (Phi) is 7.21. The van der Waals surface area contributed by atoms with E-state index < -0.39 is 81.1 Å². The first-order valence-electron chi connectivity index (χ1n) is 16.3. The maximum Gasteiger partial charge on any atom is 0.342 e. The van der Waals surface area contributed by atoms with Crippen LogP contribution in [-0.4, -0.2) is 83.4 Å². The van der Waals surface area contributed by atoms with Gasteiger partial charge in [0.1, 0.15) is 12.2 Å². The zero-order chi connectivity index (χ0) is 33.1. The molecule has 0 amide bonds. The Bertz CT molecular complexity index is 1340. The van der Waals surface area contributed by atoms with Crippen LogP contribution in [0.4, 0.5) is 0 Å². The Balaban J connectivity index is 1.58. The molecular formula is C34H48O11. The number of fused-ring (bicyclic) bond motifs is 9. The van der Waals surface area contributed by atoms with E-state index in [1.807, 2.05) is 6.92 Å². The van der Waals surface area contributed by atoms with Gasteiger partial charge in [0.25, 0.3) is 0 Å². The molecule has 0 bridgehead atoms. The van der Waals surface area contributed by atoms with E-state index in [0.717, 1.165) is 0 Å². The van der Waals surface area contributed by atoms with Crippen LogP contribution in [0.1, 0.15) is 86.5 Å². The quantitative estimate of drug-likeness (QED) is 0.203. The molecule has 11 heteroatoms. The third-order valence-electron chi connectivity index (χ3n) is 13.9. The van der Waals surface area contributed by atoms with Gasteiger partial charge in [0.2, 0.25) is 5.60 Å². The van der Waals surface area contributed by atoms with Crippen molar-refractivity contribution in [3.8, 4) is 0 Å². The molecule has 2 aliphatic heterocycles. The second-order valence-electron chi connectivity index (χ2n) is 15.5. The number of hydrogen-bond donors (Lipinski definition) is 2. The Morgan fingerprint density at radius 1 is 0.978 bits per heavy atom. The second-order valence-corrected chi connectivity index (χ2v) is 15.5. The number of carbonyl (C=O) groups is 4. The molecule has 45 heavy (non-hydrogen) atoms. The van der Waals surface area contributed by atoms with Crippen LogP contribution in [0.25, 0.3) is 0 Å². The number of hydrogen-bond acceptors (Lipinski definition) is 11. The molecule has 6 fully saturated rings. The van der Waals surface area contributed by atoms with Gasteiger partial charge in [0.05, 0.1) is 30.8 Å². The maximum atomic E-state index is 13.7. The molecule has 2 N–H and O–H groups in total. The van der Waals surface area contributed by atoms with Gasteiger partial charge in [-0.3, -0.25) is 14.4 Å². The number of ether oxygens (including phenoxy) is 5. The molecule has 0 spiro atoms. The summed E-state index contributed by atoms with van der Waals surface area (Å²) in [6.45, 7) is 14.6. The number of aliphatic hydroxyl groups excluding tert-OH is 1. The Morgan fingerprint density at radius 2 is 1.60 bits per heavy atom. The van der Waals surface area contributed by atoms with Crippen LogP contribution in [0.2, 0.25) is 0 Å². The molecule has 11 nitrogen and oxygen atoms in total. The predicted octanol–water partition coefficient (Wildman–Crippen LogP) is 3.02. The maximum absolute atomic E-state index is 13.7. The Hall–Kier alpha value is -2.50. The van der Waals surface area contributed by atoms with E-state index in [9.17, 15) is 29.4 Å². The van der Waals surface area contributed by atoms with Crippen LogP contribution in [0, 0.1) is 39.4 Å². The molecule has 6 rings (SSSR count). The molecule has 250 valence electrons. The molecule has 2 saturated heterocycles. The average molecular weight is 633 g/mol. The first-order valence-corrected chi connectivity index (χ1v) is 16.3. The van der Waals surface area contributed by atoms with Crippen LogP contribution in [-0.2, 0) is 42.9 Å². The van der Waals surface area contributed by atoms with Gasteiger partial charge in [-0.1, -0.05) is 20.4 Å². The zero-order valence-electron chi connectivity index (χ0n) is 27.5. The number of aliphatic hydroxyl groups is 2. The molecule has 4 saturated carbocycles. The van der Waals surface area contributed by atoms with Gasteiger partial charge in [-0.15, -0.1) is 0 Å². The molecule has 0 radical (unpaired) electrons. The van der Waals surface area contributed by atoms with Crippen LogP contribution in [0.3, 0.4) is 0 Å². The van der Waals surface area contributed by atoms with Gasteiger partial charge in [-0.05, 0) is 74.7 Å². The highest BCUT2D eigenvalue weighted by atomic mass is 16.7. The minimum Gasteiger partial charge on any atom is -0.467 e. The highest BCUT2D eigenvalue weighted by Gasteiger charge is 2.90. The molecular weight excluding hydrogens is 584 g/mol. The second kappa shape index (κ2) is 10.0. The molecule has 0 aromatic carbocycles. The minimum atomic E-state index is -1.69. The van der Waals surface area contributed by atoms with Crippen LogP contribution < -0.4 is 0 Å². The molecule has 0 aromatic heterocycles. The summed E-state index contributed by atoms with van der Waals surface area (Å²) in [7, 11) is 1.25. The summed E-state index contributed by atoms with van der Waals surface area (Å²) in [4.78, 5) is 52.1. The van der Waals surface area contributed by atoms with Crippen molar-refractivity contribution in [3.63, 3.8) is 0 Å². The smallest absolute Gasteiger partial charge is 0.342 e. The van der Waals surface area contributed by atoms with E-state index in [2.05, 4.69) is 13.5 Å². The van der Waals surface area contributed by atoms with E-state index in [1.165, 1.54) is 21.0 Å². The first-order chi connectivity index (χ1) is 20.9. The number of esters is 4. The summed E-state index contributed by atoms with van der Waals surface area (Å²) >= 11 is 0. The summed E-state index contributed by atoms with van der Waals surface area (Å²) in [5, 5.41) is 24.5. The number of methoxy groups -OCH3 is 1. The monoisotopic (exact) mass is 632 g/mol. The summed E-state index contributed by atoms with van der Waals surface area (Å²) in [5.74, 6) is -3.06. The lowest BCUT2D eigenvalue weighted by atomic mass is 9.32. The largest absolute Gasteiger partial charge is 0.467 e. The van der Waals surface area contributed by atoms with E-state index in [0.29, 0.717) is 37.7 Å². The van der Waals surface area contributed by atoms with Crippen molar-refractivity contribution in [2.24, 2.45) is 39.4 Å². The van der Waals surface area contributed by atoms with Crippen molar-refractivity contribution in [3.05, 3.63) is 12.2 Å². The SMILES string of the molecule is C=C1C[C@@]2(O)C3CC[C@]4(C)C(CC[C@@]5(C(C)O)COC(=O)CC[C@H]54)[C@@]3(C)[C@H](OC(C)=O)[C@H](OC(C)=O)[C@@]2(C)[C@]2(C(=O)OC)O[C@H]12.